The highest BCUT2D eigenvalue weighted by Crippen LogP contribution is 2.23. The average molecular weight is 278 g/mol. The number of H-pyrrole nitrogens is 1. The molecule has 0 saturated heterocycles. The topological polar surface area (TPSA) is 82.2 Å². The maximum atomic E-state index is 12.1. The first-order valence-corrected chi connectivity index (χ1v) is 7.14. The van der Waals surface area contributed by atoms with Crippen molar-refractivity contribution in [3.8, 4) is 0 Å². The molecule has 1 aromatic rings. The van der Waals surface area contributed by atoms with Crippen LogP contribution in [0.2, 0.25) is 0 Å². The molecule has 1 aliphatic rings. The molecule has 0 spiro atoms. The van der Waals surface area contributed by atoms with Crippen LogP contribution in [0.5, 0.6) is 0 Å². The van der Waals surface area contributed by atoms with E-state index >= 15 is 0 Å². The van der Waals surface area contributed by atoms with Crippen LogP contribution < -0.4 is 10.9 Å². The zero-order chi connectivity index (χ0) is 14.7. The van der Waals surface area contributed by atoms with Gasteiger partial charge in [-0.3, -0.25) is 9.59 Å². The molecule has 1 aromatic heterocycles. The van der Waals surface area contributed by atoms with Gasteiger partial charge < -0.3 is 15.4 Å². The van der Waals surface area contributed by atoms with Crippen LogP contribution in [0.1, 0.15) is 47.3 Å². The van der Waals surface area contributed by atoms with Gasteiger partial charge in [0, 0.05) is 12.2 Å². The third-order valence-electron chi connectivity index (χ3n) is 3.96. The van der Waals surface area contributed by atoms with Crippen LogP contribution in [-0.4, -0.2) is 28.6 Å². The predicted octanol–water partition coefficient (Wildman–Crippen LogP) is 1.27. The summed E-state index contributed by atoms with van der Waals surface area (Å²) in [5.41, 5.74) is 1.32. The number of carbonyl (C=O) groups excluding carboxylic acids is 1. The Kier molecular flexibility index (Phi) is 4.60. The Hall–Kier alpha value is -1.62. The Labute approximate surface area is 118 Å². The number of aryl methyl sites for hydroxylation is 2. The summed E-state index contributed by atoms with van der Waals surface area (Å²) >= 11 is 0. The quantitative estimate of drug-likeness (QED) is 0.778. The number of hydrogen-bond donors (Lipinski definition) is 3. The minimum atomic E-state index is -0.334. The van der Waals surface area contributed by atoms with Crippen LogP contribution in [0.25, 0.3) is 0 Å². The Morgan fingerprint density at radius 1 is 1.35 bits per heavy atom. The first kappa shape index (κ1) is 14.8. The molecule has 1 amide bonds. The normalized spacial score (nSPS) is 22.6. The van der Waals surface area contributed by atoms with Gasteiger partial charge in [0.1, 0.15) is 5.56 Å². The van der Waals surface area contributed by atoms with Gasteiger partial charge in [-0.15, -0.1) is 0 Å². The molecular weight excluding hydrogens is 256 g/mol. The van der Waals surface area contributed by atoms with Gasteiger partial charge in [-0.05, 0) is 57.1 Å². The number of aromatic nitrogens is 1. The number of nitrogens with one attached hydrogen (secondary N) is 2. The lowest BCUT2D eigenvalue weighted by Crippen LogP contribution is -2.35. The molecule has 1 saturated carbocycles. The Balaban J connectivity index is 1.97. The second-order valence-electron chi connectivity index (χ2n) is 5.72. The molecule has 0 radical (unpaired) electrons. The number of aliphatic hydroxyl groups excluding tert-OH is 1. The standard InChI is InChI=1S/C15H22N2O3/c1-9-7-10(2)17-15(20)13(9)14(19)16-8-11-3-5-12(18)6-4-11/h7,11-12,18H,3-6,8H2,1-2H3,(H,16,19)(H,17,20). The third-order valence-corrected chi connectivity index (χ3v) is 3.96. The zero-order valence-corrected chi connectivity index (χ0v) is 12.0. The number of amides is 1. The molecule has 110 valence electrons. The fourth-order valence-electron chi connectivity index (χ4n) is 2.81. The Morgan fingerprint density at radius 3 is 2.60 bits per heavy atom. The lowest BCUT2D eigenvalue weighted by Gasteiger charge is -2.25. The van der Waals surface area contributed by atoms with Crippen molar-refractivity contribution in [3.63, 3.8) is 0 Å². The van der Waals surface area contributed by atoms with Crippen LogP contribution >= 0.6 is 0 Å². The van der Waals surface area contributed by atoms with Crippen molar-refractivity contribution in [3.05, 3.63) is 33.2 Å². The number of rotatable bonds is 3. The van der Waals surface area contributed by atoms with Crippen molar-refractivity contribution >= 4 is 5.91 Å². The van der Waals surface area contributed by atoms with Gasteiger partial charge in [0.15, 0.2) is 0 Å². The van der Waals surface area contributed by atoms with E-state index in [1.54, 1.807) is 19.9 Å². The zero-order valence-electron chi connectivity index (χ0n) is 12.0. The molecule has 0 aromatic carbocycles. The predicted molar refractivity (Wildman–Crippen MR) is 76.8 cm³/mol. The van der Waals surface area contributed by atoms with Gasteiger partial charge in [0.25, 0.3) is 11.5 Å². The maximum absolute atomic E-state index is 12.1. The molecule has 0 atom stereocenters. The molecule has 1 fully saturated rings. The van der Waals surface area contributed by atoms with E-state index in [1.165, 1.54) is 0 Å². The van der Waals surface area contributed by atoms with Crippen LogP contribution in [0.3, 0.4) is 0 Å². The third kappa shape index (κ3) is 3.48. The van der Waals surface area contributed by atoms with E-state index in [-0.39, 0.29) is 23.1 Å². The molecule has 1 heterocycles. The van der Waals surface area contributed by atoms with Gasteiger partial charge in [0.05, 0.1) is 6.10 Å². The highest BCUT2D eigenvalue weighted by Gasteiger charge is 2.21. The van der Waals surface area contributed by atoms with E-state index in [9.17, 15) is 14.7 Å². The molecule has 0 bridgehead atoms. The first-order valence-electron chi connectivity index (χ1n) is 7.14. The van der Waals surface area contributed by atoms with E-state index in [0.717, 1.165) is 31.4 Å². The van der Waals surface area contributed by atoms with Crippen molar-refractivity contribution < 1.29 is 9.90 Å². The van der Waals surface area contributed by atoms with Gasteiger partial charge >= 0.3 is 0 Å². The summed E-state index contributed by atoms with van der Waals surface area (Å²) in [6, 6.07) is 1.80. The van der Waals surface area contributed by atoms with E-state index in [0.29, 0.717) is 18.0 Å². The summed E-state index contributed by atoms with van der Waals surface area (Å²) in [7, 11) is 0. The van der Waals surface area contributed by atoms with E-state index < -0.39 is 0 Å². The molecule has 3 N–H and O–H groups in total. The minimum absolute atomic E-state index is 0.191. The van der Waals surface area contributed by atoms with Crippen LogP contribution in [0, 0.1) is 19.8 Å². The number of pyridine rings is 1. The first-order chi connectivity index (χ1) is 9.47. The summed E-state index contributed by atoms with van der Waals surface area (Å²) in [4.78, 5) is 26.6. The van der Waals surface area contributed by atoms with Crippen molar-refractivity contribution in [1.82, 2.24) is 10.3 Å². The Morgan fingerprint density at radius 2 is 2.00 bits per heavy atom. The molecule has 20 heavy (non-hydrogen) atoms. The maximum Gasteiger partial charge on any atom is 0.261 e. The fourth-order valence-corrected chi connectivity index (χ4v) is 2.81. The van der Waals surface area contributed by atoms with Crippen molar-refractivity contribution in [2.75, 3.05) is 6.54 Å². The molecule has 5 heteroatoms. The average Bonchev–Trinajstić information content (AvgIpc) is 2.37. The van der Waals surface area contributed by atoms with E-state index in [4.69, 9.17) is 0 Å². The van der Waals surface area contributed by atoms with Crippen molar-refractivity contribution in [2.24, 2.45) is 5.92 Å². The van der Waals surface area contributed by atoms with Gasteiger partial charge in [-0.2, -0.15) is 0 Å². The summed E-state index contributed by atoms with van der Waals surface area (Å²) in [5.74, 6) is 0.0852. The van der Waals surface area contributed by atoms with E-state index in [1.807, 2.05) is 0 Å². The SMILES string of the molecule is Cc1cc(C)c(C(=O)NCC2CCC(O)CC2)c(=O)[nH]1. The van der Waals surface area contributed by atoms with Crippen LogP contribution in [0.4, 0.5) is 0 Å². The van der Waals surface area contributed by atoms with Gasteiger partial charge in [0.2, 0.25) is 0 Å². The number of aliphatic hydroxyl groups is 1. The summed E-state index contributed by atoms with van der Waals surface area (Å²) < 4.78 is 0. The van der Waals surface area contributed by atoms with Crippen LogP contribution in [-0.2, 0) is 0 Å². The minimum Gasteiger partial charge on any atom is -0.393 e. The number of hydrogen-bond acceptors (Lipinski definition) is 3. The second kappa shape index (κ2) is 6.22. The largest absolute Gasteiger partial charge is 0.393 e. The fraction of sp³-hybridized carbons (Fsp3) is 0.600. The highest BCUT2D eigenvalue weighted by atomic mass is 16.3. The van der Waals surface area contributed by atoms with Crippen LogP contribution in [0.15, 0.2) is 10.9 Å². The number of carbonyl (C=O) groups is 1. The molecule has 0 unspecified atom stereocenters. The van der Waals surface area contributed by atoms with Gasteiger partial charge in [-0.25, -0.2) is 0 Å². The van der Waals surface area contributed by atoms with Crippen molar-refractivity contribution in [2.45, 2.75) is 45.6 Å². The Bertz CT molecular complexity index is 543. The smallest absolute Gasteiger partial charge is 0.261 e. The number of aromatic amines is 1. The summed E-state index contributed by atoms with van der Waals surface area (Å²) in [6.45, 7) is 4.13. The monoisotopic (exact) mass is 278 g/mol. The lowest BCUT2D eigenvalue weighted by molar-refractivity contribution is 0.0908. The molecule has 1 aliphatic carbocycles. The summed E-state index contributed by atoms with van der Waals surface area (Å²) in [6.07, 6.45) is 3.24. The van der Waals surface area contributed by atoms with Gasteiger partial charge in [-0.1, -0.05) is 0 Å². The van der Waals surface area contributed by atoms with Crippen molar-refractivity contribution in [1.29, 1.82) is 0 Å². The highest BCUT2D eigenvalue weighted by molar-refractivity contribution is 5.95. The molecular formula is C15H22N2O3. The molecule has 2 rings (SSSR count). The second-order valence-corrected chi connectivity index (χ2v) is 5.72. The lowest BCUT2D eigenvalue weighted by atomic mass is 9.87. The van der Waals surface area contributed by atoms with E-state index in [2.05, 4.69) is 10.3 Å². The molecule has 0 aliphatic heterocycles. The summed E-state index contributed by atoms with van der Waals surface area (Å²) in [5, 5.41) is 12.3. The molecule has 5 nitrogen and oxygen atoms in total.